The molecule has 0 aliphatic heterocycles. The first kappa shape index (κ1) is 16.4. The fourth-order valence-electron chi connectivity index (χ4n) is 2.15. The van der Waals surface area contributed by atoms with E-state index in [0.717, 1.165) is 17.1 Å². The second-order valence-electron chi connectivity index (χ2n) is 4.98. The molecular formula is C18H15ClN2O2S. The van der Waals surface area contributed by atoms with Crippen LogP contribution in [-0.4, -0.2) is 13.0 Å². The van der Waals surface area contributed by atoms with Gasteiger partial charge in [-0.05, 0) is 53.9 Å². The second kappa shape index (κ2) is 7.38. The zero-order chi connectivity index (χ0) is 16.9. The van der Waals surface area contributed by atoms with Gasteiger partial charge in [0.2, 0.25) is 0 Å². The molecule has 0 radical (unpaired) electrons. The molecule has 0 atom stereocenters. The van der Waals surface area contributed by atoms with Crippen molar-refractivity contribution >= 4 is 45.9 Å². The van der Waals surface area contributed by atoms with Gasteiger partial charge in [-0.3, -0.25) is 4.79 Å². The third kappa shape index (κ3) is 3.88. The third-order valence-corrected chi connectivity index (χ3v) is 4.49. The molecule has 122 valence electrons. The highest BCUT2D eigenvalue weighted by molar-refractivity contribution is 7.12. The summed E-state index contributed by atoms with van der Waals surface area (Å²) in [6.07, 6.45) is 0. The van der Waals surface area contributed by atoms with E-state index >= 15 is 0 Å². The third-order valence-electron chi connectivity index (χ3n) is 3.33. The van der Waals surface area contributed by atoms with Crippen molar-refractivity contribution in [2.45, 2.75) is 0 Å². The summed E-state index contributed by atoms with van der Waals surface area (Å²) in [5.41, 5.74) is 2.49. The van der Waals surface area contributed by atoms with Crippen LogP contribution in [0.15, 0.2) is 60.0 Å². The molecule has 1 amide bonds. The molecule has 0 aliphatic rings. The molecule has 4 nitrogen and oxygen atoms in total. The number of rotatable bonds is 5. The maximum atomic E-state index is 12.0. The van der Waals surface area contributed by atoms with Gasteiger partial charge in [0.15, 0.2) is 0 Å². The second-order valence-corrected chi connectivity index (χ2v) is 6.34. The van der Waals surface area contributed by atoms with E-state index in [0.29, 0.717) is 15.6 Å². The first-order valence-corrected chi connectivity index (χ1v) is 8.47. The Bertz CT molecular complexity index is 833. The zero-order valence-electron chi connectivity index (χ0n) is 12.9. The molecule has 0 bridgehead atoms. The monoisotopic (exact) mass is 358 g/mol. The molecule has 0 fully saturated rings. The van der Waals surface area contributed by atoms with Gasteiger partial charge >= 0.3 is 0 Å². The summed E-state index contributed by atoms with van der Waals surface area (Å²) in [4.78, 5) is 12.7. The van der Waals surface area contributed by atoms with E-state index in [4.69, 9.17) is 16.3 Å². The first-order valence-electron chi connectivity index (χ1n) is 7.21. The van der Waals surface area contributed by atoms with Gasteiger partial charge in [0, 0.05) is 17.1 Å². The Kier molecular flexibility index (Phi) is 5.03. The molecule has 3 aromatic rings. The molecule has 6 heteroatoms. The van der Waals surface area contributed by atoms with Gasteiger partial charge in [-0.15, -0.1) is 11.3 Å². The minimum Gasteiger partial charge on any atom is -0.495 e. The minimum atomic E-state index is -0.104. The zero-order valence-corrected chi connectivity index (χ0v) is 14.4. The Balaban J connectivity index is 1.66. The molecule has 0 spiro atoms. The number of halogens is 1. The molecule has 0 saturated carbocycles. The van der Waals surface area contributed by atoms with Crippen molar-refractivity contribution in [2.24, 2.45) is 0 Å². The van der Waals surface area contributed by atoms with Crippen molar-refractivity contribution in [3.8, 4) is 5.75 Å². The van der Waals surface area contributed by atoms with E-state index in [2.05, 4.69) is 10.6 Å². The summed E-state index contributed by atoms with van der Waals surface area (Å²) in [5, 5.41) is 8.54. The van der Waals surface area contributed by atoms with E-state index in [-0.39, 0.29) is 5.91 Å². The average Bonchev–Trinajstić information content (AvgIpc) is 3.11. The lowest BCUT2D eigenvalue weighted by Crippen LogP contribution is -2.09. The van der Waals surface area contributed by atoms with Crippen LogP contribution in [-0.2, 0) is 0 Å². The van der Waals surface area contributed by atoms with Crippen LogP contribution in [0.3, 0.4) is 0 Å². The van der Waals surface area contributed by atoms with Crippen molar-refractivity contribution in [2.75, 3.05) is 17.7 Å². The number of benzene rings is 2. The van der Waals surface area contributed by atoms with Crippen molar-refractivity contribution in [3.05, 3.63) is 69.9 Å². The molecule has 0 unspecified atom stereocenters. The highest BCUT2D eigenvalue weighted by Crippen LogP contribution is 2.29. The number of ether oxygens (including phenoxy) is 1. The fraction of sp³-hybridized carbons (Fsp3) is 0.0556. The molecule has 0 saturated heterocycles. The standard InChI is InChI=1S/C18H15ClN2O2S/c1-23-16-9-8-14(11-15(16)19)20-12-4-6-13(7-5-12)21-18(22)17-3-2-10-24-17/h2-11,20H,1H3,(H,21,22). The van der Waals surface area contributed by atoms with Crippen molar-refractivity contribution in [3.63, 3.8) is 0 Å². The molecule has 2 aromatic carbocycles. The lowest BCUT2D eigenvalue weighted by atomic mass is 10.2. The number of carbonyl (C=O) groups excluding carboxylic acids is 1. The Morgan fingerprint density at radius 1 is 1.04 bits per heavy atom. The summed E-state index contributed by atoms with van der Waals surface area (Å²) in [5.74, 6) is 0.529. The minimum absolute atomic E-state index is 0.104. The normalized spacial score (nSPS) is 10.2. The molecule has 2 N–H and O–H groups in total. The predicted octanol–water partition coefficient (Wildman–Crippen LogP) is 5.41. The Labute approximate surface area is 149 Å². The molecular weight excluding hydrogens is 344 g/mol. The number of methoxy groups -OCH3 is 1. The number of anilines is 3. The number of nitrogens with one attached hydrogen (secondary N) is 2. The smallest absolute Gasteiger partial charge is 0.265 e. The van der Waals surface area contributed by atoms with Gasteiger partial charge in [-0.1, -0.05) is 17.7 Å². The summed E-state index contributed by atoms with van der Waals surface area (Å²) in [6.45, 7) is 0. The van der Waals surface area contributed by atoms with Gasteiger partial charge < -0.3 is 15.4 Å². The number of amides is 1. The lowest BCUT2D eigenvalue weighted by Gasteiger charge is -2.10. The number of hydrogen-bond donors (Lipinski definition) is 2. The maximum Gasteiger partial charge on any atom is 0.265 e. The Morgan fingerprint density at radius 3 is 2.38 bits per heavy atom. The van der Waals surface area contributed by atoms with Gasteiger partial charge in [-0.25, -0.2) is 0 Å². The SMILES string of the molecule is COc1ccc(Nc2ccc(NC(=O)c3cccs3)cc2)cc1Cl. The maximum absolute atomic E-state index is 12.0. The Morgan fingerprint density at radius 2 is 1.75 bits per heavy atom. The summed E-state index contributed by atoms with van der Waals surface area (Å²) in [7, 11) is 1.58. The van der Waals surface area contributed by atoms with Crippen LogP contribution in [0.2, 0.25) is 5.02 Å². The van der Waals surface area contributed by atoms with Crippen LogP contribution >= 0.6 is 22.9 Å². The average molecular weight is 359 g/mol. The molecule has 1 heterocycles. The van der Waals surface area contributed by atoms with Crippen LogP contribution in [0.5, 0.6) is 5.75 Å². The van der Waals surface area contributed by atoms with Crippen molar-refractivity contribution in [1.82, 2.24) is 0 Å². The summed E-state index contributed by atoms with van der Waals surface area (Å²) in [6, 6.07) is 16.6. The van der Waals surface area contributed by atoms with Crippen LogP contribution in [0.25, 0.3) is 0 Å². The van der Waals surface area contributed by atoms with Gasteiger partial charge in [-0.2, -0.15) is 0 Å². The molecule has 3 rings (SSSR count). The topological polar surface area (TPSA) is 50.4 Å². The predicted molar refractivity (Wildman–Crippen MR) is 100 cm³/mol. The van der Waals surface area contributed by atoms with Crippen LogP contribution in [0.1, 0.15) is 9.67 Å². The number of thiophene rings is 1. The molecule has 1 aromatic heterocycles. The highest BCUT2D eigenvalue weighted by Gasteiger charge is 2.07. The quantitative estimate of drug-likeness (QED) is 0.641. The number of carbonyl (C=O) groups is 1. The molecule has 24 heavy (non-hydrogen) atoms. The van der Waals surface area contributed by atoms with Gasteiger partial charge in [0.25, 0.3) is 5.91 Å². The largest absolute Gasteiger partial charge is 0.495 e. The number of hydrogen-bond acceptors (Lipinski definition) is 4. The first-order chi connectivity index (χ1) is 11.7. The van der Waals surface area contributed by atoms with Crippen molar-refractivity contribution in [1.29, 1.82) is 0 Å². The van der Waals surface area contributed by atoms with E-state index in [9.17, 15) is 4.79 Å². The van der Waals surface area contributed by atoms with Crippen LogP contribution in [0, 0.1) is 0 Å². The van der Waals surface area contributed by atoms with Gasteiger partial charge in [0.1, 0.15) is 5.75 Å². The van der Waals surface area contributed by atoms with E-state index in [1.165, 1.54) is 11.3 Å². The van der Waals surface area contributed by atoms with Gasteiger partial charge in [0.05, 0.1) is 17.0 Å². The van der Waals surface area contributed by atoms with E-state index < -0.39 is 0 Å². The van der Waals surface area contributed by atoms with Crippen molar-refractivity contribution < 1.29 is 9.53 Å². The van der Waals surface area contributed by atoms with Crippen LogP contribution < -0.4 is 15.4 Å². The van der Waals surface area contributed by atoms with E-state index in [1.54, 1.807) is 25.3 Å². The lowest BCUT2D eigenvalue weighted by molar-refractivity contribution is 0.103. The molecule has 0 aliphatic carbocycles. The summed E-state index contributed by atoms with van der Waals surface area (Å²) < 4.78 is 5.13. The Hall–Kier alpha value is -2.50. The van der Waals surface area contributed by atoms with E-state index in [1.807, 2.05) is 41.8 Å². The summed E-state index contributed by atoms with van der Waals surface area (Å²) >= 11 is 7.53. The highest BCUT2D eigenvalue weighted by atomic mass is 35.5. The van der Waals surface area contributed by atoms with Crippen LogP contribution in [0.4, 0.5) is 17.1 Å². The fourth-order valence-corrected chi connectivity index (χ4v) is 3.02.